The minimum atomic E-state index is 0.0281. The summed E-state index contributed by atoms with van der Waals surface area (Å²) in [7, 11) is 0. The number of hydrogen-bond acceptors (Lipinski definition) is 4. The van der Waals surface area contributed by atoms with Gasteiger partial charge in [0.1, 0.15) is 0 Å². The van der Waals surface area contributed by atoms with E-state index in [4.69, 9.17) is 15.2 Å². The van der Waals surface area contributed by atoms with Crippen LogP contribution in [0.3, 0.4) is 0 Å². The van der Waals surface area contributed by atoms with Gasteiger partial charge in [0.2, 0.25) is 6.79 Å². The predicted octanol–water partition coefficient (Wildman–Crippen LogP) is 1.20. The molecular weight excluding hydrogens is 204 g/mol. The van der Waals surface area contributed by atoms with E-state index in [9.17, 15) is 0 Å². The second kappa shape index (κ2) is 4.31. The Labute approximate surface area is 95.7 Å². The van der Waals surface area contributed by atoms with Crippen LogP contribution >= 0.6 is 0 Å². The minimum Gasteiger partial charge on any atom is -0.454 e. The Bertz CT molecular complexity index is 377. The highest BCUT2D eigenvalue weighted by Gasteiger charge is 2.23. The first kappa shape index (κ1) is 11.2. The van der Waals surface area contributed by atoms with Gasteiger partial charge in [0.05, 0.1) is 0 Å². The van der Waals surface area contributed by atoms with Gasteiger partial charge >= 0.3 is 0 Å². The normalized spacial score (nSPS) is 14.2. The Morgan fingerprint density at radius 3 is 2.81 bits per heavy atom. The zero-order valence-electron chi connectivity index (χ0n) is 9.75. The molecule has 0 saturated carbocycles. The summed E-state index contributed by atoms with van der Waals surface area (Å²) in [6, 6.07) is 6.08. The molecule has 0 fully saturated rings. The first-order chi connectivity index (χ1) is 7.63. The summed E-state index contributed by atoms with van der Waals surface area (Å²) in [4.78, 5) is 0. The molecule has 4 nitrogen and oxygen atoms in total. The highest BCUT2D eigenvalue weighted by molar-refractivity contribution is 5.46. The molecule has 3 N–H and O–H groups in total. The Balaban J connectivity index is 2.20. The molecule has 1 aliphatic rings. The summed E-state index contributed by atoms with van der Waals surface area (Å²) >= 11 is 0. The fourth-order valence-electron chi connectivity index (χ4n) is 1.80. The van der Waals surface area contributed by atoms with Gasteiger partial charge in [-0.15, -0.1) is 0 Å². The van der Waals surface area contributed by atoms with Crippen molar-refractivity contribution in [1.29, 1.82) is 0 Å². The molecular formula is C12H18N2O2. The standard InChI is InChI=1S/C12H18N2O2/c1-12(2,6-14-7-13)9-3-4-10-11(5-9)16-8-15-10/h3-5,14H,6-8,13H2,1-2H3. The summed E-state index contributed by atoms with van der Waals surface area (Å²) in [5, 5.41) is 3.16. The Kier molecular flexibility index (Phi) is 3.03. The molecule has 0 bridgehead atoms. The van der Waals surface area contributed by atoms with E-state index in [1.807, 2.05) is 12.1 Å². The van der Waals surface area contributed by atoms with Gasteiger partial charge in [0, 0.05) is 18.6 Å². The molecule has 4 heteroatoms. The number of ether oxygens (including phenoxy) is 2. The molecule has 0 aliphatic carbocycles. The van der Waals surface area contributed by atoms with E-state index in [2.05, 4.69) is 25.2 Å². The first-order valence-electron chi connectivity index (χ1n) is 5.44. The number of nitrogens with one attached hydrogen (secondary N) is 1. The molecule has 1 heterocycles. The van der Waals surface area contributed by atoms with Gasteiger partial charge in [-0.25, -0.2) is 0 Å². The minimum absolute atomic E-state index is 0.0281. The van der Waals surface area contributed by atoms with Crippen molar-refractivity contribution >= 4 is 0 Å². The van der Waals surface area contributed by atoms with E-state index < -0.39 is 0 Å². The van der Waals surface area contributed by atoms with Crippen LogP contribution in [0.5, 0.6) is 11.5 Å². The zero-order valence-corrected chi connectivity index (χ0v) is 9.75. The van der Waals surface area contributed by atoms with Crippen LogP contribution in [0.15, 0.2) is 18.2 Å². The van der Waals surface area contributed by atoms with E-state index in [-0.39, 0.29) is 5.41 Å². The van der Waals surface area contributed by atoms with Crippen molar-refractivity contribution < 1.29 is 9.47 Å². The van der Waals surface area contributed by atoms with Crippen LogP contribution in [0.2, 0.25) is 0 Å². The number of benzene rings is 1. The topological polar surface area (TPSA) is 56.5 Å². The highest BCUT2D eigenvalue weighted by Crippen LogP contribution is 2.36. The van der Waals surface area contributed by atoms with Crippen molar-refractivity contribution in [2.75, 3.05) is 20.0 Å². The molecule has 16 heavy (non-hydrogen) atoms. The van der Waals surface area contributed by atoms with Crippen molar-refractivity contribution in [1.82, 2.24) is 5.32 Å². The number of hydrogen-bond donors (Lipinski definition) is 2. The van der Waals surface area contributed by atoms with Crippen LogP contribution in [0.4, 0.5) is 0 Å². The monoisotopic (exact) mass is 222 g/mol. The molecule has 88 valence electrons. The lowest BCUT2D eigenvalue weighted by Crippen LogP contribution is -2.35. The molecule has 0 atom stereocenters. The molecule has 2 rings (SSSR count). The smallest absolute Gasteiger partial charge is 0.231 e. The van der Waals surface area contributed by atoms with E-state index in [1.54, 1.807) is 0 Å². The van der Waals surface area contributed by atoms with Crippen LogP contribution < -0.4 is 20.5 Å². The van der Waals surface area contributed by atoms with Crippen LogP contribution in [-0.4, -0.2) is 20.0 Å². The third-order valence-electron chi connectivity index (χ3n) is 2.87. The lowest BCUT2D eigenvalue weighted by Gasteiger charge is -2.25. The van der Waals surface area contributed by atoms with Crippen molar-refractivity contribution in [2.24, 2.45) is 5.73 Å². The van der Waals surface area contributed by atoms with Crippen LogP contribution in [0.25, 0.3) is 0 Å². The number of rotatable bonds is 4. The summed E-state index contributed by atoms with van der Waals surface area (Å²) in [6.07, 6.45) is 0. The van der Waals surface area contributed by atoms with Crippen LogP contribution in [0, 0.1) is 0 Å². The quantitative estimate of drug-likeness (QED) is 0.752. The van der Waals surface area contributed by atoms with Gasteiger partial charge < -0.3 is 20.5 Å². The summed E-state index contributed by atoms with van der Waals surface area (Å²) in [6.45, 7) is 6.00. The third kappa shape index (κ3) is 2.13. The fourth-order valence-corrected chi connectivity index (χ4v) is 1.80. The molecule has 1 aromatic carbocycles. The van der Waals surface area contributed by atoms with Crippen LogP contribution in [0.1, 0.15) is 19.4 Å². The van der Waals surface area contributed by atoms with Gasteiger partial charge in [-0.05, 0) is 17.7 Å². The maximum atomic E-state index is 5.45. The summed E-state index contributed by atoms with van der Waals surface area (Å²) in [5.74, 6) is 1.66. The van der Waals surface area contributed by atoms with E-state index in [0.717, 1.165) is 18.0 Å². The Morgan fingerprint density at radius 1 is 1.31 bits per heavy atom. The molecule has 0 saturated heterocycles. The summed E-state index contributed by atoms with van der Waals surface area (Å²) < 4.78 is 10.7. The van der Waals surface area contributed by atoms with E-state index in [1.165, 1.54) is 5.56 Å². The van der Waals surface area contributed by atoms with E-state index in [0.29, 0.717) is 13.5 Å². The van der Waals surface area contributed by atoms with Gasteiger partial charge in [0.15, 0.2) is 11.5 Å². The average molecular weight is 222 g/mol. The molecule has 0 radical (unpaired) electrons. The molecule has 0 aromatic heterocycles. The second-order valence-corrected chi connectivity index (χ2v) is 4.58. The van der Waals surface area contributed by atoms with Crippen molar-refractivity contribution in [3.63, 3.8) is 0 Å². The van der Waals surface area contributed by atoms with Crippen molar-refractivity contribution in [3.05, 3.63) is 23.8 Å². The van der Waals surface area contributed by atoms with Gasteiger partial charge in [0.25, 0.3) is 0 Å². The Morgan fingerprint density at radius 2 is 2.06 bits per heavy atom. The first-order valence-corrected chi connectivity index (χ1v) is 5.44. The maximum absolute atomic E-state index is 5.45. The fraction of sp³-hybridized carbons (Fsp3) is 0.500. The lowest BCUT2D eigenvalue weighted by molar-refractivity contribution is 0.174. The maximum Gasteiger partial charge on any atom is 0.231 e. The SMILES string of the molecule is CC(C)(CNCN)c1ccc2c(c1)OCO2. The Hall–Kier alpha value is -1.26. The molecule has 1 aliphatic heterocycles. The highest BCUT2D eigenvalue weighted by atomic mass is 16.7. The number of fused-ring (bicyclic) bond motifs is 1. The molecule has 0 amide bonds. The third-order valence-corrected chi connectivity index (χ3v) is 2.87. The molecule has 0 unspecified atom stereocenters. The van der Waals surface area contributed by atoms with Gasteiger partial charge in [-0.3, -0.25) is 0 Å². The number of nitrogens with two attached hydrogens (primary N) is 1. The zero-order chi connectivity index (χ0) is 11.6. The second-order valence-electron chi connectivity index (χ2n) is 4.58. The summed E-state index contributed by atoms with van der Waals surface area (Å²) in [5.41, 5.74) is 6.70. The molecule has 0 spiro atoms. The molecule has 1 aromatic rings. The average Bonchev–Trinajstić information content (AvgIpc) is 2.73. The van der Waals surface area contributed by atoms with Gasteiger partial charge in [-0.2, -0.15) is 0 Å². The largest absolute Gasteiger partial charge is 0.454 e. The van der Waals surface area contributed by atoms with Crippen molar-refractivity contribution in [3.8, 4) is 11.5 Å². The van der Waals surface area contributed by atoms with E-state index >= 15 is 0 Å². The lowest BCUT2D eigenvalue weighted by atomic mass is 9.84. The predicted molar refractivity (Wildman–Crippen MR) is 62.6 cm³/mol. The van der Waals surface area contributed by atoms with Crippen LogP contribution in [-0.2, 0) is 5.41 Å². The van der Waals surface area contributed by atoms with Crippen molar-refractivity contribution in [2.45, 2.75) is 19.3 Å². The van der Waals surface area contributed by atoms with Gasteiger partial charge in [-0.1, -0.05) is 19.9 Å².